The molecule has 1 N–H and O–H groups in total. The van der Waals surface area contributed by atoms with Crippen molar-refractivity contribution in [3.05, 3.63) is 23.8 Å². The zero-order valence-electron chi connectivity index (χ0n) is 11.1. The van der Waals surface area contributed by atoms with E-state index in [4.69, 9.17) is 9.84 Å². The van der Waals surface area contributed by atoms with Crippen molar-refractivity contribution in [2.75, 3.05) is 6.26 Å². The van der Waals surface area contributed by atoms with Crippen LogP contribution in [-0.4, -0.2) is 37.8 Å². The van der Waals surface area contributed by atoms with Crippen molar-refractivity contribution in [3.8, 4) is 5.75 Å². The molecule has 0 spiro atoms. The fraction of sp³-hybridized carbons (Fsp3) is 0.417. The molecule has 1 unspecified atom stereocenters. The fourth-order valence-corrected chi connectivity index (χ4v) is 1.95. The number of hydrogen-bond acceptors (Lipinski definition) is 4. The number of benzene rings is 1. The summed E-state index contributed by atoms with van der Waals surface area (Å²) in [4.78, 5) is 10.8. The minimum atomic E-state index is -3.60. The monoisotopic (exact) mass is 308 g/mol. The predicted octanol–water partition coefficient (Wildman–Crippen LogP) is 2.21. The van der Waals surface area contributed by atoms with Gasteiger partial charge in [-0.3, -0.25) is 0 Å². The topological polar surface area (TPSA) is 80.7 Å². The smallest absolute Gasteiger partial charge is 0.339 e. The molecule has 0 saturated heterocycles. The normalized spacial score (nSPS) is 13.8. The van der Waals surface area contributed by atoms with Gasteiger partial charge in [0.25, 0.3) is 5.92 Å². The van der Waals surface area contributed by atoms with E-state index in [2.05, 4.69) is 0 Å². The van der Waals surface area contributed by atoms with Gasteiger partial charge < -0.3 is 9.84 Å². The van der Waals surface area contributed by atoms with E-state index < -0.39 is 33.4 Å². The number of sulfone groups is 1. The van der Waals surface area contributed by atoms with Crippen molar-refractivity contribution in [3.63, 3.8) is 0 Å². The molecule has 0 saturated carbocycles. The summed E-state index contributed by atoms with van der Waals surface area (Å²) in [5.74, 6) is -4.93. The number of ether oxygens (including phenoxy) is 1. The third kappa shape index (κ3) is 3.89. The van der Waals surface area contributed by atoms with Gasteiger partial charge in [0.1, 0.15) is 11.3 Å². The third-order valence-corrected chi connectivity index (χ3v) is 3.74. The summed E-state index contributed by atoms with van der Waals surface area (Å²) in [6.45, 7) is 1.74. The molecule has 1 aromatic rings. The standard InChI is InChI=1S/C12H14F2O5S/c1-7(12(2,13)14)19-10-5-4-8(20(3,17)18)6-9(10)11(15)16/h4-7H,1-3H3,(H,15,16). The molecule has 0 heterocycles. The third-order valence-electron chi connectivity index (χ3n) is 2.63. The van der Waals surface area contributed by atoms with Crippen LogP contribution in [-0.2, 0) is 9.84 Å². The van der Waals surface area contributed by atoms with E-state index in [1.165, 1.54) is 0 Å². The van der Waals surface area contributed by atoms with Gasteiger partial charge in [-0.25, -0.2) is 22.0 Å². The van der Waals surface area contributed by atoms with Gasteiger partial charge in [-0.1, -0.05) is 0 Å². The molecule has 0 aliphatic carbocycles. The first kappa shape index (κ1) is 16.4. The van der Waals surface area contributed by atoms with Crippen molar-refractivity contribution >= 4 is 15.8 Å². The molecule has 0 aliphatic heterocycles. The van der Waals surface area contributed by atoms with Gasteiger partial charge in [0.2, 0.25) is 0 Å². The van der Waals surface area contributed by atoms with Crippen LogP contribution in [0.25, 0.3) is 0 Å². The van der Waals surface area contributed by atoms with Crippen LogP contribution in [0.15, 0.2) is 23.1 Å². The van der Waals surface area contributed by atoms with Crippen LogP contribution in [0.3, 0.4) is 0 Å². The molecule has 0 amide bonds. The average Bonchev–Trinajstić information content (AvgIpc) is 2.26. The summed E-state index contributed by atoms with van der Waals surface area (Å²) in [5, 5.41) is 9.01. The fourth-order valence-electron chi connectivity index (χ4n) is 1.30. The van der Waals surface area contributed by atoms with Crippen LogP contribution in [0.4, 0.5) is 8.78 Å². The lowest BCUT2D eigenvalue weighted by molar-refractivity contribution is -0.0720. The minimum absolute atomic E-state index is 0.224. The molecule has 1 aromatic carbocycles. The molecule has 1 rings (SSSR count). The van der Waals surface area contributed by atoms with E-state index >= 15 is 0 Å². The quantitative estimate of drug-likeness (QED) is 0.902. The van der Waals surface area contributed by atoms with E-state index in [0.29, 0.717) is 6.92 Å². The molecule has 0 bridgehead atoms. The summed E-state index contributed by atoms with van der Waals surface area (Å²) in [6.07, 6.45) is -0.637. The second-order valence-electron chi connectivity index (χ2n) is 4.45. The maximum Gasteiger partial charge on any atom is 0.339 e. The molecule has 0 fully saturated rings. The van der Waals surface area contributed by atoms with E-state index in [9.17, 15) is 22.0 Å². The molecule has 8 heteroatoms. The van der Waals surface area contributed by atoms with E-state index in [0.717, 1.165) is 31.4 Å². The molecule has 0 aromatic heterocycles. The second kappa shape index (κ2) is 5.35. The van der Waals surface area contributed by atoms with Gasteiger partial charge in [-0.2, -0.15) is 0 Å². The highest BCUT2D eigenvalue weighted by Crippen LogP contribution is 2.27. The Morgan fingerprint density at radius 3 is 2.35 bits per heavy atom. The summed E-state index contributed by atoms with van der Waals surface area (Å²) in [7, 11) is -3.60. The number of aromatic carboxylic acids is 1. The van der Waals surface area contributed by atoms with Crippen molar-refractivity contribution < 1.29 is 31.8 Å². The number of rotatable bonds is 5. The molecule has 0 radical (unpaired) electrons. The molecular formula is C12H14F2O5S. The number of carboxylic acid groups (broad SMARTS) is 1. The van der Waals surface area contributed by atoms with Crippen LogP contribution in [0.1, 0.15) is 24.2 Å². The highest BCUT2D eigenvalue weighted by Gasteiger charge is 2.33. The zero-order chi connectivity index (χ0) is 15.7. The number of hydrogen-bond donors (Lipinski definition) is 1. The summed E-state index contributed by atoms with van der Waals surface area (Å²) >= 11 is 0. The molecule has 0 aliphatic rings. The number of alkyl halides is 2. The summed E-state index contributed by atoms with van der Waals surface area (Å²) in [6, 6.07) is 3.05. The SMILES string of the molecule is CC(Oc1ccc(S(C)(=O)=O)cc1C(=O)O)C(C)(F)F. The molecule has 1 atom stereocenters. The summed E-state index contributed by atoms with van der Waals surface area (Å²) in [5.41, 5.74) is -0.482. The maximum atomic E-state index is 13.0. The highest BCUT2D eigenvalue weighted by molar-refractivity contribution is 7.90. The first-order valence-electron chi connectivity index (χ1n) is 5.55. The lowest BCUT2D eigenvalue weighted by Gasteiger charge is -2.21. The Morgan fingerprint density at radius 1 is 1.40 bits per heavy atom. The minimum Gasteiger partial charge on any atom is -0.484 e. The van der Waals surface area contributed by atoms with Gasteiger partial charge >= 0.3 is 5.97 Å². The van der Waals surface area contributed by atoms with Gasteiger partial charge in [0.05, 0.1) is 4.90 Å². The van der Waals surface area contributed by atoms with Crippen LogP contribution in [0.5, 0.6) is 5.75 Å². The van der Waals surface area contributed by atoms with Crippen LogP contribution in [0.2, 0.25) is 0 Å². The highest BCUT2D eigenvalue weighted by atomic mass is 32.2. The summed E-state index contributed by atoms with van der Waals surface area (Å²) < 4.78 is 53.7. The van der Waals surface area contributed by atoms with E-state index in [-0.39, 0.29) is 10.6 Å². The van der Waals surface area contributed by atoms with Crippen LogP contribution in [0, 0.1) is 0 Å². The second-order valence-corrected chi connectivity index (χ2v) is 6.47. The van der Waals surface area contributed by atoms with Crippen molar-refractivity contribution in [1.29, 1.82) is 0 Å². The largest absolute Gasteiger partial charge is 0.484 e. The van der Waals surface area contributed by atoms with E-state index in [1.807, 2.05) is 0 Å². The van der Waals surface area contributed by atoms with Crippen molar-refractivity contribution in [2.24, 2.45) is 0 Å². The Hall–Kier alpha value is -1.70. The van der Waals surface area contributed by atoms with Gasteiger partial charge in [0, 0.05) is 13.2 Å². The number of carboxylic acids is 1. The molecule has 5 nitrogen and oxygen atoms in total. The van der Waals surface area contributed by atoms with Gasteiger partial charge in [-0.05, 0) is 25.1 Å². The Bertz CT molecular complexity index is 619. The van der Waals surface area contributed by atoms with Crippen molar-refractivity contribution in [1.82, 2.24) is 0 Å². The number of carbonyl (C=O) groups is 1. The predicted molar refractivity (Wildman–Crippen MR) is 67.2 cm³/mol. The Morgan fingerprint density at radius 2 is 1.95 bits per heavy atom. The first-order valence-corrected chi connectivity index (χ1v) is 7.44. The van der Waals surface area contributed by atoms with Crippen molar-refractivity contribution in [2.45, 2.75) is 30.8 Å². The number of halogens is 2. The Balaban J connectivity index is 3.25. The lowest BCUT2D eigenvalue weighted by atomic mass is 10.2. The average molecular weight is 308 g/mol. The van der Waals surface area contributed by atoms with Gasteiger partial charge in [-0.15, -0.1) is 0 Å². The Kier molecular flexibility index (Phi) is 4.38. The van der Waals surface area contributed by atoms with Crippen LogP contribution >= 0.6 is 0 Å². The first-order chi connectivity index (χ1) is 8.93. The zero-order valence-corrected chi connectivity index (χ0v) is 11.9. The molecule has 112 valence electrons. The Labute approximate surface area is 115 Å². The molecular weight excluding hydrogens is 294 g/mol. The van der Waals surface area contributed by atoms with Gasteiger partial charge in [0.15, 0.2) is 15.9 Å². The lowest BCUT2D eigenvalue weighted by Crippen LogP contribution is -2.32. The van der Waals surface area contributed by atoms with E-state index in [1.54, 1.807) is 0 Å². The maximum absolute atomic E-state index is 13.0. The molecule has 20 heavy (non-hydrogen) atoms. The van der Waals surface area contributed by atoms with Crippen LogP contribution < -0.4 is 4.74 Å².